The van der Waals surface area contributed by atoms with Crippen LogP contribution in [-0.2, 0) is 9.53 Å². The summed E-state index contributed by atoms with van der Waals surface area (Å²) in [7, 11) is 1.22. The number of aromatic nitrogens is 4. The second-order valence-electron chi connectivity index (χ2n) is 7.20. The number of ether oxygens (including phenoxy) is 3. The fraction of sp³-hybridized carbons (Fsp3) is 0.261. The average molecular weight is 465 g/mol. The molecule has 0 saturated heterocycles. The van der Waals surface area contributed by atoms with Crippen molar-refractivity contribution in [3.8, 4) is 17.2 Å². The van der Waals surface area contributed by atoms with E-state index < -0.39 is 17.8 Å². The molecule has 0 unspecified atom stereocenters. The molecule has 1 atom stereocenters. The first-order valence-corrected chi connectivity index (χ1v) is 10.6. The summed E-state index contributed by atoms with van der Waals surface area (Å²) >= 11 is 0. The third-order valence-corrected chi connectivity index (χ3v) is 5.18. The Labute approximate surface area is 194 Å². The van der Waals surface area contributed by atoms with Gasteiger partial charge in [0.05, 0.1) is 25.9 Å². The van der Waals surface area contributed by atoms with Crippen LogP contribution in [0.3, 0.4) is 0 Å². The van der Waals surface area contributed by atoms with Gasteiger partial charge in [0.15, 0.2) is 17.3 Å². The number of esters is 1. The van der Waals surface area contributed by atoms with Crippen molar-refractivity contribution < 1.29 is 28.9 Å². The Morgan fingerprint density at radius 2 is 1.82 bits per heavy atom. The van der Waals surface area contributed by atoms with Gasteiger partial charge in [0.2, 0.25) is 5.95 Å². The maximum Gasteiger partial charge on any atom is 0.355 e. The molecule has 2 aromatic carbocycles. The number of phenolic OH excluding ortho intramolecular Hbond substituents is 1. The Bertz CT molecular complexity index is 1250. The van der Waals surface area contributed by atoms with Gasteiger partial charge in [-0.25, -0.2) is 4.79 Å². The highest BCUT2D eigenvalue weighted by Gasteiger charge is 2.38. The highest BCUT2D eigenvalue weighted by atomic mass is 16.5. The number of Topliss-reactive ketones (excluding diaryl/α,β-unsaturated/α-hetero) is 1. The quantitative estimate of drug-likeness (QED) is 0.377. The number of ketones is 1. The van der Waals surface area contributed by atoms with Crippen LogP contribution in [0.15, 0.2) is 53.7 Å². The van der Waals surface area contributed by atoms with Gasteiger partial charge in [-0.3, -0.25) is 4.79 Å². The average Bonchev–Trinajstić information content (AvgIpc) is 3.32. The Morgan fingerprint density at radius 1 is 1.09 bits per heavy atom. The lowest BCUT2D eigenvalue weighted by Crippen LogP contribution is -2.33. The number of methoxy groups -OCH3 is 1. The second-order valence-corrected chi connectivity index (χ2v) is 7.20. The van der Waals surface area contributed by atoms with Crippen molar-refractivity contribution in [2.24, 2.45) is 0 Å². The highest BCUT2D eigenvalue weighted by molar-refractivity contribution is 6.15. The van der Waals surface area contributed by atoms with Crippen molar-refractivity contribution in [3.63, 3.8) is 0 Å². The first-order chi connectivity index (χ1) is 16.5. The molecule has 0 amide bonds. The molecule has 4 rings (SSSR count). The Kier molecular flexibility index (Phi) is 6.44. The van der Waals surface area contributed by atoms with E-state index in [2.05, 4.69) is 20.8 Å². The zero-order valence-corrected chi connectivity index (χ0v) is 18.8. The molecule has 2 heterocycles. The van der Waals surface area contributed by atoms with E-state index in [-0.39, 0.29) is 28.7 Å². The smallest absolute Gasteiger partial charge is 0.355 e. The minimum atomic E-state index is -0.903. The third kappa shape index (κ3) is 4.15. The van der Waals surface area contributed by atoms with Crippen LogP contribution in [0.2, 0.25) is 0 Å². The standard InChI is InChI=1S/C23H23N5O6/c1-4-33-15-9-6-13(7-10-15)21(30)18-19(22(31)32-3)24-23-25-26-27-28(23)20(18)14-8-11-16(29)17(12-14)34-5-2/h6-12,20,29H,4-5H2,1-3H3,(H,24,25,27)/t20-/m0/s1. The first kappa shape index (κ1) is 22.8. The Morgan fingerprint density at radius 3 is 2.50 bits per heavy atom. The summed E-state index contributed by atoms with van der Waals surface area (Å²) in [6.07, 6.45) is 0. The van der Waals surface area contributed by atoms with E-state index in [1.165, 1.54) is 17.9 Å². The molecule has 1 aromatic heterocycles. The first-order valence-electron chi connectivity index (χ1n) is 10.6. The number of tetrazole rings is 1. The molecular formula is C23H23N5O6. The molecular weight excluding hydrogens is 442 g/mol. The van der Waals surface area contributed by atoms with Gasteiger partial charge >= 0.3 is 5.97 Å². The lowest BCUT2D eigenvalue weighted by Gasteiger charge is -2.28. The summed E-state index contributed by atoms with van der Waals surface area (Å²) in [5.41, 5.74) is 0.836. The zero-order chi connectivity index (χ0) is 24.2. The summed E-state index contributed by atoms with van der Waals surface area (Å²) in [6, 6.07) is 10.3. The number of carbonyl (C=O) groups excluding carboxylic acids is 2. The number of hydrogen-bond donors (Lipinski definition) is 2. The third-order valence-electron chi connectivity index (χ3n) is 5.18. The van der Waals surface area contributed by atoms with E-state index in [0.717, 1.165) is 0 Å². The normalized spacial score (nSPS) is 14.7. The molecule has 0 bridgehead atoms. The number of rotatable bonds is 8. The van der Waals surface area contributed by atoms with E-state index in [1.807, 2.05) is 6.92 Å². The van der Waals surface area contributed by atoms with E-state index in [1.54, 1.807) is 43.3 Å². The van der Waals surface area contributed by atoms with Crippen molar-refractivity contribution in [1.29, 1.82) is 0 Å². The van der Waals surface area contributed by atoms with Crippen LogP contribution in [0.4, 0.5) is 5.95 Å². The van der Waals surface area contributed by atoms with E-state index in [0.29, 0.717) is 30.1 Å². The largest absolute Gasteiger partial charge is 0.504 e. The number of nitrogens with zero attached hydrogens (tertiary/aromatic N) is 4. The monoisotopic (exact) mass is 465 g/mol. The van der Waals surface area contributed by atoms with E-state index >= 15 is 0 Å². The summed E-state index contributed by atoms with van der Waals surface area (Å²) in [5, 5.41) is 24.6. The van der Waals surface area contributed by atoms with E-state index in [9.17, 15) is 14.7 Å². The molecule has 176 valence electrons. The summed E-state index contributed by atoms with van der Waals surface area (Å²) in [5.74, 6) is -0.263. The molecule has 11 heteroatoms. The number of anilines is 1. The number of phenols is 1. The number of allylic oxidation sites excluding steroid dienone is 1. The van der Waals surface area contributed by atoms with Gasteiger partial charge in [0.1, 0.15) is 17.5 Å². The van der Waals surface area contributed by atoms with Gasteiger partial charge in [-0.1, -0.05) is 11.2 Å². The van der Waals surface area contributed by atoms with Crippen molar-refractivity contribution in [3.05, 3.63) is 64.9 Å². The molecule has 0 spiro atoms. The van der Waals surface area contributed by atoms with Crippen molar-refractivity contribution in [2.75, 3.05) is 25.6 Å². The van der Waals surface area contributed by atoms with Crippen LogP contribution in [0.25, 0.3) is 0 Å². The van der Waals surface area contributed by atoms with Crippen LogP contribution in [0.1, 0.15) is 35.8 Å². The van der Waals surface area contributed by atoms with Crippen LogP contribution in [0.5, 0.6) is 17.2 Å². The minimum absolute atomic E-state index is 0.0620. The highest BCUT2D eigenvalue weighted by Crippen LogP contribution is 2.39. The number of hydrogen-bond acceptors (Lipinski definition) is 10. The van der Waals surface area contributed by atoms with Gasteiger partial charge in [-0.2, -0.15) is 4.68 Å². The lowest BCUT2D eigenvalue weighted by atomic mass is 9.89. The minimum Gasteiger partial charge on any atom is -0.504 e. The number of benzene rings is 2. The van der Waals surface area contributed by atoms with Gasteiger partial charge in [0, 0.05) is 5.56 Å². The van der Waals surface area contributed by atoms with Crippen molar-refractivity contribution in [1.82, 2.24) is 20.2 Å². The Balaban J connectivity index is 1.89. The molecule has 1 aliphatic heterocycles. The molecule has 0 radical (unpaired) electrons. The number of carbonyl (C=O) groups is 2. The van der Waals surface area contributed by atoms with Gasteiger partial charge in [0.25, 0.3) is 0 Å². The summed E-state index contributed by atoms with van der Waals surface area (Å²) < 4.78 is 17.3. The zero-order valence-electron chi connectivity index (χ0n) is 18.8. The molecule has 0 aliphatic carbocycles. The Hall–Kier alpha value is -4.41. The summed E-state index contributed by atoms with van der Waals surface area (Å²) in [4.78, 5) is 26.5. The van der Waals surface area contributed by atoms with Crippen molar-refractivity contribution in [2.45, 2.75) is 19.9 Å². The number of fused-ring (bicyclic) bond motifs is 1. The molecule has 34 heavy (non-hydrogen) atoms. The fourth-order valence-electron chi connectivity index (χ4n) is 3.69. The maximum absolute atomic E-state index is 13.8. The van der Waals surface area contributed by atoms with Crippen LogP contribution >= 0.6 is 0 Å². The molecule has 0 saturated carbocycles. The van der Waals surface area contributed by atoms with Crippen LogP contribution < -0.4 is 14.8 Å². The van der Waals surface area contributed by atoms with Gasteiger partial charge < -0.3 is 24.6 Å². The van der Waals surface area contributed by atoms with Crippen molar-refractivity contribution >= 4 is 17.7 Å². The molecule has 3 aromatic rings. The summed E-state index contributed by atoms with van der Waals surface area (Å²) in [6.45, 7) is 4.46. The number of nitrogens with one attached hydrogen (secondary N) is 1. The molecule has 11 nitrogen and oxygen atoms in total. The molecule has 0 fully saturated rings. The SMILES string of the molecule is CCOc1ccc(C(=O)C2=C(C(=O)OC)Nc3nnnn3[C@H]2c2ccc(O)c(OCC)c2)cc1. The topological polar surface area (TPSA) is 138 Å². The van der Waals surface area contributed by atoms with E-state index in [4.69, 9.17) is 14.2 Å². The lowest BCUT2D eigenvalue weighted by molar-refractivity contribution is -0.136. The van der Waals surface area contributed by atoms with Gasteiger partial charge in [-0.05, 0) is 66.2 Å². The number of aromatic hydroxyl groups is 1. The van der Waals surface area contributed by atoms with Gasteiger partial charge in [-0.15, -0.1) is 0 Å². The van der Waals surface area contributed by atoms with Crippen LogP contribution in [0, 0.1) is 0 Å². The maximum atomic E-state index is 13.8. The fourth-order valence-corrected chi connectivity index (χ4v) is 3.69. The second kappa shape index (κ2) is 9.61. The predicted octanol–water partition coefficient (Wildman–Crippen LogP) is 2.50. The predicted molar refractivity (Wildman–Crippen MR) is 120 cm³/mol. The molecule has 1 aliphatic rings. The van der Waals surface area contributed by atoms with Crippen LogP contribution in [-0.4, -0.2) is 57.4 Å². The molecule has 2 N–H and O–H groups in total.